The molecule has 0 saturated carbocycles. The molecule has 0 aliphatic rings. The smallest absolute Gasteiger partial charge is 0.182 e. The van der Waals surface area contributed by atoms with E-state index in [9.17, 15) is 4.79 Å². The van der Waals surface area contributed by atoms with Crippen molar-refractivity contribution >= 4 is 19.9 Å². The van der Waals surface area contributed by atoms with Crippen molar-refractivity contribution in [1.82, 2.24) is 0 Å². The first-order valence-corrected chi connectivity index (χ1v) is 10.00. The standard InChI is InChI=1S/C25H25OP/c1-2-3-19-23(27)24(26)25(20-13-7-4-8-14-20,21-15-9-5-10-16-21)22-17-11-6-12-18-22/h4-18,27H,2-3,19H2,1H3. The van der Waals surface area contributed by atoms with Crippen molar-refractivity contribution in [1.29, 1.82) is 0 Å². The van der Waals surface area contributed by atoms with E-state index in [0.717, 1.165) is 41.2 Å². The molecule has 136 valence electrons. The molecule has 0 aliphatic carbocycles. The van der Waals surface area contributed by atoms with E-state index < -0.39 is 5.41 Å². The van der Waals surface area contributed by atoms with E-state index in [1.807, 2.05) is 54.6 Å². The Morgan fingerprint density at radius 3 is 1.44 bits per heavy atom. The fourth-order valence-electron chi connectivity index (χ4n) is 3.65. The molecule has 3 rings (SSSR count). The Bertz CT molecular complexity index is 789. The largest absolute Gasteiger partial charge is 0.292 e. The molecule has 2 heteroatoms. The zero-order valence-corrected chi connectivity index (χ0v) is 16.7. The molecule has 0 fully saturated rings. The Hall–Kier alpha value is -2.50. The first-order valence-electron chi connectivity index (χ1n) is 9.50. The second-order valence-electron chi connectivity index (χ2n) is 6.76. The Kier molecular flexibility index (Phi) is 6.37. The Balaban J connectivity index is 2.29. The predicted octanol–water partition coefficient (Wildman–Crippen LogP) is 6.10. The molecule has 0 N–H and O–H groups in total. The van der Waals surface area contributed by atoms with Gasteiger partial charge in [-0.3, -0.25) is 4.79 Å². The van der Waals surface area contributed by atoms with Crippen LogP contribution in [0.4, 0.5) is 0 Å². The van der Waals surface area contributed by atoms with Crippen molar-refractivity contribution in [3.63, 3.8) is 0 Å². The second-order valence-corrected chi connectivity index (χ2v) is 7.36. The fraction of sp³-hybridized carbons (Fsp3) is 0.200. The molecule has 0 saturated heterocycles. The number of hydrogen-bond acceptors (Lipinski definition) is 1. The number of benzene rings is 3. The van der Waals surface area contributed by atoms with Crippen LogP contribution in [0.1, 0.15) is 42.9 Å². The van der Waals surface area contributed by atoms with Crippen molar-refractivity contribution in [2.24, 2.45) is 0 Å². The average molecular weight is 372 g/mol. The van der Waals surface area contributed by atoms with Gasteiger partial charge >= 0.3 is 0 Å². The predicted molar refractivity (Wildman–Crippen MR) is 117 cm³/mol. The van der Waals surface area contributed by atoms with Crippen molar-refractivity contribution in [3.05, 3.63) is 108 Å². The summed E-state index contributed by atoms with van der Waals surface area (Å²) in [6, 6.07) is 30.3. The van der Waals surface area contributed by atoms with Gasteiger partial charge in [-0.05, 0) is 29.5 Å². The third-order valence-corrected chi connectivity index (χ3v) is 5.49. The minimum Gasteiger partial charge on any atom is -0.292 e. The third-order valence-electron chi connectivity index (χ3n) is 5.02. The molecule has 3 aromatic rings. The van der Waals surface area contributed by atoms with E-state index in [0.29, 0.717) is 0 Å². The highest BCUT2D eigenvalue weighted by molar-refractivity contribution is 7.25. The van der Waals surface area contributed by atoms with Gasteiger partial charge < -0.3 is 0 Å². The minimum absolute atomic E-state index is 0.108. The summed E-state index contributed by atoms with van der Waals surface area (Å²) < 4.78 is 0. The highest BCUT2D eigenvalue weighted by atomic mass is 31.0. The lowest BCUT2D eigenvalue weighted by Crippen LogP contribution is -2.42. The summed E-state index contributed by atoms with van der Waals surface area (Å²) in [7, 11) is 3.70. The maximum atomic E-state index is 14.0. The molecule has 0 heterocycles. The van der Waals surface area contributed by atoms with Crippen LogP contribution in [0.5, 0.6) is 0 Å². The van der Waals surface area contributed by atoms with Crippen molar-refractivity contribution in [2.75, 3.05) is 0 Å². The quantitative estimate of drug-likeness (QED) is 0.345. The summed E-state index contributed by atoms with van der Waals surface area (Å²) in [4.78, 5) is 14.0. The minimum atomic E-state index is -0.866. The van der Waals surface area contributed by atoms with Gasteiger partial charge in [0, 0.05) is 5.29 Å². The average Bonchev–Trinajstić information content (AvgIpc) is 2.75. The van der Waals surface area contributed by atoms with Gasteiger partial charge in [-0.25, -0.2) is 0 Å². The monoisotopic (exact) mass is 372 g/mol. The number of rotatable bonds is 8. The van der Waals surface area contributed by atoms with Gasteiger partial charge in [-0.2, -0.15) is 0 Å². The molecule has 0 aliphatic heterocycles. The maximum Gasteiger partial charge on any atom is 0.182 e. The van der Waals surface area contributed by atoms with Crippen molar-refractivity contribution in [3.8, 4) is 0 Å². The van der Waals surface area contributed by atoms with Crippen LogP contribution < -0.4 is 0 Å². The Labute approximate surface area is 164 Å². The van der Waals surface area contributed by atoms with Gasteiger partial charge in [0.25, 0.3) is 0 Å². The molecule has 1 nitrogen and oxygen atoms in total. The van der Waals surface area contributed by atoms with Crippen molar-refractivity contribution in [2.45, 2.75) is 31.6 Å². The van der Waals surface area contributed by atoms with Crippen molar-refractivity contribution < 1.29 is 4.79 Å². The van der Waals surface area contributed by atoms with Crippen LogP contribution in [0.3, 0.4) is 0 Å². The van der Waals surface area contributed by atoms with Gasteiger partial charge in [0.15, 0.2) is 5.78 Å². The Morgan fingerprint density at radius 2 is 1.11 bits per heavy atom. The van der Waals surface area contributed by atoms with E-state index in [-0.39, 0.29) is 5.78 Å². The molecule has 0 radical (unpaired) electrons. The second kappa shape index (κ2) is 8.93. The van der Waals surface area contributed by atoms with Crippen LogP contribution in [0.25, 0.3) is 0 Å². The van der Waals surface area contributed by atoms with Crippen LogP contribution in [-0.4, -0.2) is 11.1 Å². The SMILES string of the molecule is CCCCC(=P)C(=O)C(c1ccccc1)(c1ccccc1)c1ccccc1. The molecule has 0 bridgehead atoms. The summed E-state index contributed by atoms with van der Waals surface area (Å²) in [5.41, 5.74) is 2.09. The van der Waals surface area contributed by atoms with E-state index >= 15 is 0 Å². The number of Topliss-reactive ketones (excluding diaryl/α,β-unsaturated/α-hetero) is 1. The van der Waals surface area contributed by atoms with Gasteiger partial charge in [0.1, 0.15) is 5.41 Å². The van der Waals surface area contributed by atoms with Crippen LogP contribution in [0.2, 0.25) is 0 Å². The van der Waals surface area contributed by atoms with E-state index in [4.69, 9.17) is 0 Å². The summed E-state index contributed by atoms with van der Waals surface area (Å²) in [5.74, 6) is 0.108. The summed E-state index contributed by atoms with van der Waals surface area (Å²) in [5, 5.41) is 0.744. The molecule has 0 atom stereocenters. The number of carbonyl (C=O) groups excluding carboxylic acids is 1. The topological polar surface area (TPSA) is 17.1 Å². The van der Waals surface area contributed by atoms with Crippen LogP contribution in [0, 0.1) is 0 Å². The zero-order chi connectivity index (χ0) is 19.1. The molecular weight excluding hydrogens is 347 g/mol. The number of carbonyl (C=O) groups is 1. The lowest BCUT2D eigenvalue weighted by atomic mass is 9.65. The number of hydrogen-bond donors (Lipinski definition) is 0. The summed E-state index contributed by atoms with van der Waals surface area (Å²) in [6.45, 7) is 2.14. The fourth-order valence-corrected chi connectivity index (χ4v) is 4.02. The van der Waals surface area contributed by atoms with Crippen LogP contribution >= 0.6 is 8.86 Å². The van der Waals surface area contributed by atoms with Gasteiger partial charge in [-0.1, -0.05) is 104 Å². The third kappa shape index (κ3) is 3.80. The molecule has 3 aromatic carbocycles. The van der Waals surface area contributed by atoms with Gasteiger partial charge in [-0.15, -0.1) is 8.86 Å². The molecule has 0 aromatic heterocycles. The Morgan fingerprint density at radius 1 is 0.741 bits per heavy atom. The molecule has 0 amide bonds. The first kappa shape index (κ1) is 19.3. The van der Waals surface area contributed by atoms with E-state index in [1.54, 1.807) is 0 Å². The zero-order valence-electron chi connectivity index (χ0n) is 15.7. The van der Waals surface area contributed by atoms with Gasteiger partial charge in [0.2, 0.25) is 0 Å². The summed E-state index contributed by atoms with van der Waals surface area (Å²) >= 11 is 0. The highest BCUT2D eigenvalue weighted by Gasteiger charge is 2.44. The van der Waals surface area contributed by atoms with E-state index in [1.165, 1.54) is 0 Å². The lowest BCUT2D eigenvalue weighted by molar-refractivity contribution is -0.115. The number of unbranched alkanes of at least 4 members (excludes halogenated alkanes) is 1. The molecule has 0 spiro atoms. The van der Waals surface area contributed by atoms with Gasteiger partial charge in [0.05, 0.1) is 0 Å². The summed E-state index contributed by atoms with van der Waals surface area (Å²) in [6.07, 6.45) is 2.79. The first-order chi connectivity index (χ1) is 13.2. The van der Waals surface area contributed by atoms with E-state index in [2.05, 4.69) is 52.2 Å². The maximum absolute atomic E-state index is 14.0. The molecular formula is C25H25OP. The lowest BCUT2D eigenvalue weighted by Gasteiger charge is -2.35. The normalized spacial score (nSPS) is 11.1. The molecule has 0 unspecified atom stereocenters. The van der Waals surface area contributed by atoms with Crippen LogP contribution in [-0.2, 0) is 10.2 Å². The van der Waals surface area contributed by atoms with Crippen LogP contribution in [0.15, 0.2) is 91.0 Å². The molecule has 27 heavy (non-hydrogen) atoms. The highest BCUT2D eigenvalue weighted by Crippen LogP contribution is 2.41. The number of ketones is 1.